The van der Waals surface area contributed by atoms with Crippen molar-refractivity contribution in [1.82, 2.24) is 10.3 Å². The van der Waals surface area contributed by atoms with Gasteiger partial charge in [0.15, 0.2) is 0 Å². The Hall–Kier alpha value is -3.38. The molecule has 4 rings (SSSR count). The van der Waals surface area contributed by atoms with E-state index in [1.54, 1.807) is 17.7 Å². The summed E-state index contributed by atoms with van der Waals surface area (Å²) >= 11 is 1.44. The average molecular weight is 419 g/mol. The molecule has 0 fully saturated rings. The van der Waals surface area contributed by atoms with E-state index in [4.69, 9.17) is 9.15 Å². The van der Waals surface area contributed by atoms with E-state index in [1.165, 1.54) is 28.0 Å². The number of hydrogen-bond donors (Lipinski definition) is 1. The molecule has 0 spiro atoms. The smallest absolute Gasteiger partial charge is 0.271 e. The number of carbonyl (C=O) groups excluding carboxylic acids is 1. The van der Waals surface area contributed by atoms with Crippen molar-refractivity contribution in [2.24, 2.45) is 0 Å². The zero-order valence-corrected chi connectivity index (χ0v) is 17.7. The monoisotopic (exact) mass is 418 g/mol. The van der Waals surface area contributed by atoms with Crippen LogP contribution in [0.5, 0.6) is 5.75 Å². The lowest BCUT2D eigenvalue weighted by Crippen LogP contribution is -2.22. The van der Waals surface area contributed by atoms with E-state index in [9.17, 15) is 4.79 Å². The van der Waals surface area contributed by atoms with Crippen LogP contribution in [0.15, 0.2) is 70.7 Å². The van der Waals surface area contributed by atoms with Crippen LogP contribution in [0.1, 0.15) is 32.9 Å². The summed E-state index contributed by atoms with van der Waals surface area (Å²) in [6, 6.07) is 17.8. The van der Waals surface area contributed by atoms with Crippen LogP contribution in [-0.2, 0) is 13.2 Å². The molecule has 0 aliphatic heterocycles. The summed E-state index contributed by atoms with van der Waals surface area (Å²) in [5, 5.41) is 5.36. The zero-order chi connectivity index (χ0) is 20.9. The van der Waals surface area contributed by atoms with Crippen LogP contribution in [0.2, 0.25) is 0 Å². The fourth-order valence-electron chi connectivity index (χ4n) is 2.99. The molecular formula is C24H22N2O3S. The minimum atomic E-state index is -0.220. The largest absolute Gasteiger partial charge is 0.489 e. The molecule has 152 valence electrons. The molecule has 0 aliphatic carbocycles. The van der Waals surface area contributed by atoms with Crippen LogP contribution < -0.4 is 10.1 Å². The van der Waals surface area contributed by atoms with E-state index in [2.05, 4.69) is 42.3 Å². The van der Waals surface area contributed by atoms with Gasteiger partial charge in [-0.25, -0.2) is 4.98 Å². The quantitative estimate of drug-likeness (QED) is 0.429. The van der Waals surface area contributed by atoms with E-state index in [0.29, 0.717) is 24.6 Å². The number of hydrogen-bond acceptors (Lipinski definition) is 5. The maximum Gasteiger partial charge on any atom is 0.271 e. The summed E-state index contributed by atoms with van der Waals surface area (Å²) in [7, 11) is 0. The van der Waals surface area contributed by atoms with E-state index < -0.39 is 0 Å². The maximum atomic E-state index is 12.3. The van der Waals surface area contributed by atoms with Gasteiger partial charge >= 0.3 is 0 Å². The number of aromatic nitrogens is 1. The van der Waals surface area contributed by atoms with Gasteiger partial charge in [-0.1, -0.05) is 23.8 Å². The standard InChI is InChI=1S/C24H22N2O3S/c1-16-5-6-17(2)19(12-16)14-29-20-9-7-18(8-10-20)24-26-22(15-30-24)23(27)25-13-21-4-3-11-28-21/h3-12,15H,13-14H2,1-2H3,(H,25,27). The fraction of sp³-hybridized carbons (Fsp3) is 0.167. The van der Waals surface area contributed by atoms with Gasteiger partial charge in [-0.3, -0.25) is 4.79 Å². The SMILES string of the molecule is Cc1ccc(C)c(COc2ccc(-c3nc(C(=O)NCc4ccco4)cs3)cc2)c1. The number of amides is 1. The first-order valence-corrected chi connectivity index (χ1v) is 10.5. The van der Waals surface area contributed by atoms with Crippen molar-refractivity contribution >= 4 is 17.2 Å². The third-order valence-corrected chi connectivity index (χ3v) is 5.63. The van der Waals surface area contributed by atoms with Gasteiger partial charge in [-0.05, 0) is 61.4 Å². The summed E-state index contributed by atoms with van der Waals surface area (Å²) in [4.78, 5) is 16.7. The highest BCUT2D eigenvalue weighted by molar-refractivity contribution is 7.13. The molecule has 6 heteroatoms. The summed E-state index contributed by atoms with van der Waals surface area (Å²) in [6.45, 7) is 5.04. The Bertz CT molecular complexity index is 1130. The lowest BCUT2D eigenvalue weighted by atomic mass is 10.1. The van der Waals surface area contributed by atoms with Gasteiger partial charge in [0.05, 0.1) is 12.8 Å². The van der Waals surface area contributed by atoms with Gasteiger partial charge in [0.1, 0.15) is 28.8 Å². The third kappa shape index (κ3) is 4.78. The number of ether oxygens (including phenoxy) is 1. The summed E-state index contributed by atoms with van der Waals surface area (Å²) in [6.07, 6.45) is 1.58. The van der Waals surface area contributed by atoms with Crippen LogP contribution in [0.4, 0.5) is 0 Å². The Balaban J connectivity index is 1.37. The van der Waals surface area contributed by atoms with Crippen molar-refractivity contribution in [3.8, 4) is 16.3 Å². The highest BCUT2D eigenvalue weighted by Gasteiger charge is 2.12. The van der Waals surface area contributed by atoms with Crippen molar-refractivity contribution in [3.63, 3.8) is 0 Å². The summed E-state index contributed by atoms with van der Waals surface area (Å²) in [5.74, 6) is 1.28. The molecule has 0 bridgehead atoms. The number of nitrogens with zero attached hydrogens (tertiary/aromatic N) is 1. The molecule has 0 radical (unpaired) electrons. The molecule has 0 aliphatic rings. The van der Waals surface area contributed by atoms with Crippen LogP contribution in [0, 0.1) is 13.8 Å². The van der Waals surface area contributed by atoms with E-state index in [1.807, 2.05) is 30.3 Å². The minimum absolute atomic E-state index is 0.220. The van der Waals surface area contributed by atoms with Crippen molar-refractivity contribution in [3.05, 3.63) is 94.4 Å². The van der Waals surface area contributed by atoms with E-state index >= 15 is 0 Å². The number of aryl methyl sites for hydroxylation is 2. The maximum absolute atomic E-state index is 12.3. The van der Waals surface area contributed by atoms with Gasteiger partial charge in [0.25, 0.3) is 5.91 Å². The Morgan fingerprint density at radius 2 is 1.97 bits per heavy atom. The predicted octanol–water partition coefficient (Wildman–Crippen LogP) is 5.53. The second-order valence-electron chi connectivity index (χ2n) is 7.04. The van der Waals surface area contributed by atoms with Gasteiger partial charge in [0.2, 0.25) is 0 Å². The van der Waals surface area contributed by atoms with Crippen molar-refractivity contribution in [2.45, 2.75) is 27.0 Å². The van der Waals surface area contributed by atoms with Gasteiger partial charge in [0, 0.05) is 10.9 Å². The number of nitrogens with one attached hydrogen (secondary N) is 1. The van der Waals surface area contributed by atoms with Crippen molar-refractivity contribution < 1.29 is 13.9 Å². The molecule has 1 amide bonds. The van der Waals surface area contributed by atoms with E-state index in [0.717, 1.165) is 16.3 Å². The van der Waals surface area contributed by atoms with Crippen LogP contribution in [0.3, 0.4) is 0 Å². The number of rotatable bonds is 7. The molecule has 0 unspecified atom stereocenters. The molecule has 2 aromatic carbocycles. The Kier molecular flexibility index (Phi) is 5.95. The highest BCUT2D eigenvalue weighted by Crippen LogP contribution is 2.26. The normalized spacial score (nSPS) is 10.7. The lowest BCUT2D eigenvalue weighted by Gasteiger charge is -2.10. The first-order valence-electron chi connectivity index (χ1n) is 9.64. The zero-order valence-electron chi connectivity index (χ0n) is 16.8. The number of benzene rings is 2. The van der Waals surface area contributed by atoms with Crippen LogP contribution in [0.25, 0.3) is 10.6 Å². The number of thiazole rings is 1. The van der Waals surface area contributed by atoms with Crippen molar-refractivity contribution in [2.75, 3.05) is 0 Å². The Morgan fingerprint density at radius 3 is 2.73 bits per heavy atom. The lowest BCUT2D eigenvalue weighted by molar-refractivity contribution is 0.0944. The fourth-order valence-corrected chi connectivity index (χ4v) is 3.80. The molecule has 0 saturated carbocycles. The summed E-state index contributed by atoms with van der Waals surface area (Å²) < 4.78 is 11.2. The minimum Gasteiger partial charge on any atom is -0.489 e. The predicted molar refractivity (Wildman–Crippen MR) is 118 cm³/mol. The molecule has 0 saturated heterocycles. The molecule has 0 atom stereocenters. The molecule has 1 N–H and O–H groups in total. The molecular weight excluding hydrogens is 396 g/mol. The van der Waals surface area contributed by atoms with Gasteiger partial charge in [-0.2, -0.15) is 0 Å². The number of carbonyl (C=O) groups is 1. The third-order valence-electron chi connectivity index (χ3n) is 4.74. The van der Waals surface area contributed by atoms with Crippen molar-refractivity contribution in [1.29, 1.82) is 0 Å². The topological polar surface area (TPSA) is 64.4 Å². The second-order valence-corrected chi connectivity index (χ2v) is 7.90. The van der Waals surface area contributed by atoms with Gasteiger partial charge < -0.3 is 14.5 Å². The molecule has 4 aromatic rings. The first-order chi connectivity index (χ1) is 14.6. The molecule has 30 heavy (non-hydrogen) atoms. The first kappa shape index (κ1) is 19.9. The van der Waals surface area contributed by atoms with E-state index in [-0.39, 0.29) is 5.91 Å². The highest BCUT2D eigenvalue weighted by atomic mass is 32.1. The molecule has 2 heterocycles. The second kappa shape index (κ2) is 8.97. The van der Waals surface area contributed by atoms with Crippen LogP contribution in [-0.4, -0.2) is 10.9 Å². The summed E-state index contributed by atoms with van der Waals surface area (Å²) in [5.41, 5.74) is 4.98. The molecule has 5 nitrogen and oxygen atoms in total. The van der Waals surface area contributed by atoms with Gasteiger partial charge in [-0.15, -0.1) is 11.3 Å². The van der Waals surface area contributed by atoms with Crippen LogP contribution >= 0.6 is 11.3 Å². The molecule has 2 aromatic heterocycles. The average Bonchev–Trinajstić information content (AvgIpc) is 3.45. The number of furan rings is 1. The Morgan fingerprint density at radius 1 is 1.13 bits per heavy atom. The Labute approximate surface area is 179 Å².